The van der Waals surface area contributed by atoms with Gasteiger partial charge in [-0.2, -0.15) is 0 Å². The van der Waals surface area contributed by atoms with Crippen LogP contribution >= 0.6 is 0 Å². The van der Waals surface area contributed by atoms with Crippen LogP contribution < -0.4 is 0 Å². The molecular formula is C25H44O3. The summed E-state index contributed by atoms with van der Waals surface area (Å²) in [5, 5.41) is 0. The fourth-order valence-corrected chi connectivity index (χ4v) is 3.96. The van der Waals surface area contributed by atoms with Crippen LogP contribution in [0.2, 0.25) is 0 Å². The van der Waals surface area contributed by atoms with Gasteiger partial charge in [0.15, 0.2) is 0 Å². The first-order valence-corrected chi connectivity index (χ1v) is 12.2. The zero-order valence-corrected chi connectivity index (χ0v) is 18.4. The van der Waals surface area contributed by atoms with E-state index in [1.54, 1.807) is 0 Å². The molecule has 0 saturated carbocycles. The molecule has 28 heavy (non-hydrogen) atoms. The summed E-state index contributed by atoms with van der Waals surface area (Å²) in [5.41, 5.74) is 0.553. The normalized spacial score (nSPS) is 13.8. The molecule has 0 bridgehead atoms. The molecule has 0 N–H and O–H groups in total. The number of unbranched alkanes of at least 4 members (excludes halogenated alkanes) is 18. The van der Waals surface area contributed by atoms with Crippen LogP contribution in [0.15, 0.2) is 11.6 Å². The van der Waals surface area contributed by atoms with E-state index >= 15 is 0 Å². The second-order valence-corrected chi connectivity index (χ2v) is 8.49. The van der Waals surface area contributed by atoms with Gasteiger partial charge in [-0.1, -0.05) is 122 Å². The first-order chi connectivity index (χ1) is 13.7. The number of ether oxygens (including phenoxy) is 1. The van der Waals surface area contributed by atoms with Crippen molar-refractivity contribution in [1.29, 1.82) is 0 Å². The van der Waals surface area contributed by atoms with E-state index in [0.717, 1.165) is 12.8 Å². The van der Waals surface area contributed by atoms with E-state index in [9.17, 15) is 9.59 Å². The number of carbonyl (C=O) groups excluding carboxylic acids is 2. The molecule has 0 aliphatic carbocycles. The minimum Gasteiger partial charge on any atom is -0.386 e. The van der Waals surface area contributed by atoms with Gasteiger partial charge in [0.1, 0.15) is 0 Å². The van der Waals surface area contributed by atoms with Crippen molar-refractivity contribution in [2.75, 3.05) is 0 Å². The maximum Gasteiger partial charge on any atom is 0.342 e. The Balaban J connectivity index is 1.71. The second-order valence-electron chi connectivity index (χ2n) is 8.49. The predicted molar refractivity (Wildman–Crippen MR) is 117 cm³/mol. The molecule has 0 saturated heterocycles. The van der Waals surface area contributed by atoms with Crippen LogP contribution in [0.1, 0.15) is 135 Å². The fourth-order valence-electron chi connectivity index (χ4n) is 3.96. The summed E-state index contributed by atoms with van der Waals surface area (Å²) in [5.74, 6) is -0.940. The van der Waals surface area contributed by atoms with Crippen LogP contribution in [-0.4, -0.2) is 11.9 Å². The highest BCUT2D eigenvalue weighted by atomic mass is 16.6. The maximum absolute atomic E-state index is 11.3. The van der Waals surface area contributed by atoms with Gasteiger partial charge in [0.2, 0.25) is 0 Å². The summed E-state index contributed by atoms with van der Waals surface area (Å²) in [6.07, 6.45) is 27.9. The van der Waals surface area contributed by atoms with Gasteiger partial charge < -0.3 is 4.74 Å². The molecule has 0 unspecified atom stereocenters. The van der Waals surface area contributed by atoms with Gasteiger partial charge in [0.05, 0.1) is 0 Å². The van der Waals surface area contributed by atoms with Gasteiger partial charge >= 0.3 is 11.9 Å². The molecule has 0 atom stereocenters. The lowest BCUT2D eigenvalue weighted by Crippen LogP contribution is -2.01. The van der Waals surface area contributed by atoms with E-state index in [1.807, 2.05) is 0 Å². The molecule has 0 fully saturated rings. The van der Waals surface area contributed by atoms with Gasteiger partial charge in [-0.15, -0.1) is 0 Å². The van der Waals surface area contributed by atoms with Gasteiger partial charge in [0.25, 0.3) is 0 Å². The van der Waals surface area contributed by atoms with E-state index in [4.69, 9.17) is 0 Å². The number of esters is 2. The molecule has 1 aliphatic heterocycles. The topological polar surface area (TPSA) is 43.4 Å². The van der Waals surface area contributed by atoms with Gasteiger partial charge in [0, 0.05) is 11.6 Å². The molecule has 0 spiro atoms. The van der Waals surface area contributed by atoms with Crippen LogP contribution in [0, 0.1) is 0 Å². The average Bonchev–Trinajstić information content (AvgIpc) is 3.00. The number of cyclic esters (lactones) is 2. The zero-order chi connectivity index (χ0) is 20.3. The van der Waals surface area contributed by atoms with E-state index in [2.05, 4.69) is 11.7 Å². The van der Waals surface area contributed by atoms with Gasteiger partial charge in [-0.05, 0) is 12.8 Å². The van der Waals surface area contributed by atoms with Crippen LogP contribution in [0.5, 0.6) is 0 Å². The second kappa shape index (κ2) is 17.9. The highest BCUT2D eigenvalue weighted by molar-refractivity contribution is 6.08. The Kier molecular flexibility index (Phi) is 16.0. The standard InChI is InChI=1S/C25H44O3/c1-2-3-4-5-6-7-8-9-10-11-12-13-14-15-16-17-18-19-20-21-23-22-24(26)28-25(23)27/h22H,2-21H2,1H3. The summed E-state index contributed by atoms with van der Waals surface area (Å²) < 4.78 is 4.49. The molecule has 3 heteroatoms. The summed E-state index contributed by atoms with van der Waals surface area (Å²) in [6.45, 7) is 2.28. The summed E-state index contributed by atoms with van der Waals surface area (Å²) in [7, 11) is 0. The Labute approximate surface area is 173 Å². The van der Waals surface area contributed by atoms with Crippen molar-refractivity contribution in [3.63, 3.8) is 0 Å². The van der Waals surface area contributed by atoms with Crippen molar-refractivity contribution >= 4 is 11.9 Å². The minimum absolute atomic E-state index is 0.438. The Morgan fingerprint density at radius 1 is 0.571 bits per heavy atom. The van der Waals surface area contributed by atoms with Crippen LogP contribution in [-0.2, 0) is 14.3 Å². The zero-order valence-electron chi connectivity index (χ0n) is 18.4. The van der Waals surface area contributed by atoms with Gasteiger partial charge in [-0.25, -0.2) is 9.59 Å². The Morgan fingerprint density at radius 3 is 1.25 bits per heavy atom. The monoisotopic (exact) mass is 392 g/mol. The number of hydrogen-bond acceptors (Lipinski definition) is 3. The van der Waals surface area contributed by atoms with Crippen LogP contribution in [0.25, 0.3) is 0 Å². The Hall–Kier alpha value is -1.12. The van der Waals surface area contributed by atoms with Crippen LogP contribution in [0.4, 0.5) is 0 Å². The molecule has 1 heterocycles. The van der Waals surface area contributed by atoms with E-state index in [0.29, 0.717) is 12.0 Å². The summed E-state index contributed by atoms with van der Waals surface area (Å²) >= 11 is 0. The molecule has 162 valence electrons. The lowest BCUT2D eigenvalue weighted by Gasteiger charge is -2.04. The lowest BCUT2D eigenvalue weighted by molar-refractivity contribution is -0.150. The highest BCUT2D eigenvalue weighted by Gasteiger charge is 2.22. The molecule has 0 aromatic heterocycles. The van der Waals surface area contributed by atoms with Gasteiger partial charge in [-0.3, -0.25) is 0 Å². The lowest BCUT2D eigenvalue weighted by atomic mass is 10.0. The Morgan fingerprint density at radius 2 is 0.929 bits per heavy atom. The highest BCUT2D eigenvalue weighted by Crippen LogP contribution is 2.18. The predicted octanol–water partition coefficient (Wildman–Crippen LogP) is 7.82. The molecule has 1 rings (SSSR count). The first kappa shape index (κ1) is 24.9. The summed E-state index contributed by atoms with van der Waals surface area (Å²) in [6, 6.07) is 0. The van der Waals surface area contributed by atoms with E-state index in [1.165, 1.54) is 115 Å². The summed E-state index contributed by atoms with van der Waals surface area (Å²) in [4.78, 5) is 22.2. The fraction of sp³-hybridized carbons (Fsp3) is 0.840. The SMILES string of the molecule is CCCCCCCCCCCCCCCCCCCCCC1=CC(=O)OC1=O. The maximum atomic E-state index is 11.3. The molecular weight excluding hydrogens is 348 g/mol. The molecule has 1 aliphatic rings. The van der Waals surface area contributed by atoms with E-state index in [-0.39, 0.29) is 0 Å². The largest absolute Gasteiger partial charge is 0.386 e. The van der Waals surface area contributed by atoms with Crippen molar-refractivity contribution in [1.82, 2.24) is 0 Å². The third kappa shape index (κ3) is 14.0. The number of carbonyl (C=O) groups is 2. The molecule has 0 radical (unpaired) electrons. The number of hydrogen-bond donors (Lipinski definition) is 0. The quantitative estimate of drug-likeness (QED) is 0.120. The third-order valence-electron chi connectivity index (χ3n) is 5.80. The molecule has 0 amide bonds. The smallest absolute Gasteiger partial charge is 0.342 e. The van der Waals surface area contributed by atoms with Crippen LogP contribution in [0.3, 0.4) is 0 Å². The van der Waals surface area contributed by atoms with E-state index < -0.39 is 11.9 Å². The van der Waals surface area contributed by atoms with Crippen molar-refractivity contribution in [3.05, 3.63) is 11.6 Å². The number of rotatable bonds is 20. The average molecular weight is 393 g/mol. The molecule has 0 aromatic rings. The van der Waals surface area contributed by atoms with Crippen molar-refractivity contribution in [3.8, 4) is 0 Å². The van der Waals surface area contributed by atoms with Crippen molar-refractivity contribution < 1.29 is 14.3 Å². The Bertz CT molecular complexity index is 439. The minimum atomic E-state index is -0.502. The van der Waals surface area contributed by atoms with Crippen molar-refractivity contribution in [2.24, 2.45) is 0 Å². The molecule has 3 nitrogen and oxygen atoms in total. The molecule has 0 aromatic carbocycles. The first-order valence-electron chi connectivity index (χ1n) is 12.2. The third-order valence-corrected chi connectivity index (χ3v) is 5.80. The van der Waals surface area contributed by atoms with Crippen molar-refractivity contribution in [2.45, 2.75) is 135 Å².